The van der Waals surface area contributed by atoms with Crippen LogP contribution in [-0.4, -0.2) is 11.7 Å². The van der Waals surface area contributed by atoms with Crippen LogP contribution < -0.4 is 11.1 Å². The number of hydrogen-bond acceptors (Lipinski definition) is 3. The molecule has 0 spiro atoms. The predicted octanol–water partition coefficient (Wildman–Crippen LogP) is 4.54. The lowest BCUT2D eigenvalue weighted by Crippen LogP contribution is -2.32. The van der Waals surface area contributed by atoms with Gasteiger partial charge >= 0.3 is 6.09 Å². The zero-order valence-corrected chi connectivity index (χ0v) is 14.9. The van der Waals surface area contributed by atoms with Crippen LogP contribution in [-0.2, 0) is 11.3 Å². The van der Waals surface area contributed by atoms with Gasteiger partial charge in [0.05, 0.1) is 0 Å². The highest BCUT2D eigenvalue weighted by molar-refractivity contribution is 5.68. The minimum absolute atomic E-state index is 0.346. The lowest BCUT2D eigenvalue weighted by molar-refractivity contribution is 0.0523. The molecule has 4 heteroatoms. The molecular weight excluding hydrogens is 276 g/mol. The molecule has 1 aromatic rings. The van der Waals surface area contributed by atoms with E-state index in [1.807, 2.05) is 20.8 Å². The number of anilines is 1. The lowest BCUT2D eigenvalue weighted by atomic mass is 9.90. The highest BCUT2D eigenvalue weighted by Crippen LogP contribution is 2.31. The second-order valence-electron chi connectivity index (χ2n) is 7.35. The first kappa shape index (κ1) is 18.3. The normalized spacial score (nSPS) is 11.9. The molecule has 3 N–H and O–H groups in total. The number of nitrogens with two attached hydrogens (primary N) is 1. The minimum atomic E-state index is -0.489. The molecule has 0 heterocycles. The van der Waals surface area contributed by atoms with Gasteiger partial charge in [-0.15, -0.1) is 0 Å². The maximum absolute atomic E-state index is 11.8. The average molecular weight is 306 g/mol. The maximum atomic E-state index is 11.8. The smallest absolute Gasteiger partial charge is 0.407 e. The van der Waals surface area contributed by atoms with Crippen LogP contribution in [0.2, 0.25) is 0 Å². The first-order valence-corrected chi connectivity index (χ1v) is 7.90. The Labute approximate surface area is 134 Å². The van der Waals surface area contributed by atoms with Crippen LogP contribution in [0.15, 0.2) is 12.1 Å². The fourth-order valence-electron chi connectivity index (χ4n) is 2.31. The topological polar surface area (TPSA) is 64.3 Å². The molecule has 0 fully saturated rings. The molecular formula is C18H30N2O2. The van der Waals surface area contributed by atoms with Crippen LogP contribution in [0, 0.1) is 0 Å². The Bertz CT molecular complexity index is 499. The van der Waals surface area contributed by atoms with E-state index < -0.39 is 11.7 Å². The van der Waals surface area contributed by atoms with Gasteiger partial charge < -0.3 is 15.8 Å². The first-order valence-electron chi connectivity index (χ1n) is 7.90. The third kappa shape index (κ3) is 5.24. The molecule has 4 nitrogen and oxygen atoms in total. The van der Waals surface area contributed by atoms with E-state index in [4.69, 9.17) is 10.5 Å². The fourth-order valence-corrected chi connectivity index (χ4v) is 2.31. The molecule has 0 aliphatic heterocycles. The van der Waals surface area contributed by atoms with Gasteiger partial charge in [-0.1, -0.05) is 39.8 Å². The van der Waals surface area contributed by atoms with E-state index in [2.05, 4.69) is 45.1 Å². The number of nitrogen functional groups attached to an aromatic ring is 1. The summed E-state index contributed by atoms with van der Waals surface area (Å²) < 4.78 is 5.26. The zero-order valence-electron chi connectivity index (χ0n) is 14.9. The summed E-state index contributed by atoms with van der Waals surface area (Å²) in [5.41, 5.74) is 9.97. The van der Waals surface area contributed by atoms with Gasteiger partial charge in [-0.25, -0.2) is 4.79 Å². The third-order valence-corrected chi connectivity index (χ3v) is 3.38. The highest BCUT2D eigenvalue weighted by Gasteiger charge is 2.17. The molecule has 0 saturated heterocycles. The number of carbonyl (C=O) groups is 1. The van der Waals surface area contributed by atoms with Gasteiger partial charge in [-0.3, -0.25) is 0 Å². The Balaban J connectivity index is 2.94. The Hall–Kier alpha value is -1.71. The number of alkyl carbamates (subject to hydrolysis) is 1. The van der Waals surface area contributed by atoms with Crippen molar-refractivity contribution < 1.29 is 9.53 Å². The summed E-state index contributed by atoms with van der Waals surface area (Å²) in [6, 6.07) is 4.15. The Kier molecular flexibility index (Phi) is 5.86. The van der Waals surface area contributed by atoms with Gasteiger partial charge in [-0.05, 0) is 49.3 Å². The van der Waals surface area contributed by atoms with Crippen molar-refractivity contribution in [1.82, 2.24) is 5.32 Å². The van der Waals surface area contributed by atoms with Crippen molar-refractivity contribution in [2.45, 2.75) is 72.4 Å². The summed E-state index contributed by atoms with van der Waals surface area (Å²) in [4.78, 5) is 11.8. The highest BCUT2D eigenvalue weighted by atomic mass is 16.6. The molecule has 0 saturated carbocycles. The van der Waals surface area contributed by atoms with Crippen molar-refractivity contribution in [1.29, 1.82) is 0 Å². The molecule has 1 amide bonds. The van der Waals surface area contributed by atoms with E-state index in [-0.39, 0.29) is 0 Å². The monoisotopic (exact) mass is 306 g/mol. The standard InChI is InChI=1S/C18H30N2O2/c1-11(2)14-8-13(9-15(12(3)4)16(14)19)10-20-17(21)22-18(5,6)7/h8-9,11-12H,10,19H2,1-7H3,(H,20,21). The largest absolute Gasteiger partial charge is 0.444 e. The van der Waals surface area contributed by atoms with Crippen LogP contribution >= 0.6 is 0 Å². The van der Waals surface area contributed by atoms with E-state index in [1.54, 1.807) is 0 Å². The molecule has 0 unspecified atom stereocenters. The van der Waals surface area contributed by atoms with Crippen LogP contribution in [0.25, 0.3) is 0 Å². The Morgan fingerprint density at radius 3 is 1.95 bits per heavy atom. The zero-order chi connectivity index (χ0) is 17.1. The molecule has 0 bridgehead atoms. The first-order chi connectivity index (χ1) is 10.0. The summed E-state index contributed by atoms with van der Waals surface area (Å²) in [7, 11) is 0. The maximum Gasteiger partial charge on any atom is 0.407 e. The molecule has 0 radical (unpaired) electrons. The number of carbonyl (C=O) groups excluding carboxylic acids is 1. The summed E-state index contributed by atoms with van der Waals surface area (Å²) >= 11 is 0. The van der Waals surface area contributed by atoms with Crippen LogP contribution in [0.4, 0.5) is 10.5 Å². The van der Waals surface area contributed by atoms with E-state index >= 15 is 0 Å². The molecule has 0 aliphatic rings. The van der Waals surface area contributed by atoms with Crippen molar-refractivity contribution in [3.8, 4) is 0 Å². The van der Waals surface area contributed by atoms with Gasteiger partial charge in [0, 0.05) is 12.2 Å². The molecule has 1 rings (SSSR count). The number of hydrogen-bond donors (Lipinski definition) is 2. The second-order valence-corrected chi connectivity index (χ2v) is 7.35. The van der Waals surface area contributed by atoms with Crippen LogP contribution in [0.5, 0.6) is 0 Å². The molecule has 22 heavy (non-hydrogen) atoms. The van der Waals surface area contributed by atoms with Crippen molar-refractivity contribution >= 4 is 11.8 Å². The number of rotatable bonds is 4. The summed E-state index contributed by atoms with van der Waals surface area (Å²) in [5, 5.41) is 2.81. The number of ether oxygens (including phenoxy) is 1. The van der Waals surface area contributed by atoms with E-state index in [9.17, 15) is 4.79 Å². The van der Waals surface area contributed by atoms with Gasteiger partial charge in [-0.2, -0.15) is 0 Å². The lowest BCUT2D eigenvalue weighted by Gasteiger charge is -2.21. The molecule has 0 atom stereocenters. The van der Waals surface area contributed by atoms with Gasteiger partial charge in [0.1, 0.15) is 5.60 Å². The van der Waals surface area contributed by atoms with Crippen molar-refractivity contribution in [3.05, 3.63) is 28.8 Å². The van der Waals surface area contributed by atoms with Crippen LogP contribution in [0.1, 0.15) is 77.0 Å². The van der Waals surface area contributed by atoms with E-state index in [0.29, 0.717) is 18.4 Å². The fraction of sp³-hybridized carbons (Fsp3) is 0.611. The Morgan fingerprint density at radius 2 is 1.59 bits per heavy atom. The van der Waals surface area contributed by atoms with Crippen LogP contribution in [0.3, 0.4) is 0 Å². The SMILES string of the molecule is CC(C)c1cc(CNC(=O)OC(C)(C)C)cc(C(C)C)c1N. The van der Waals surface area contributed by atoms with Gasteiger partial charge in [0.2, 0.25) is 0 Å². The van der Waals surface area contributed by atoms with E-state index in [1.165, 1.54) is 0 Å². The number of benzene rings is 1. The summed E-state index contributed by atoms with van der Waals surface area (Å²) in [6.07, 6.45) is -0.401. The molecule has 124 valence electrons. The van der Waals surface area contributed by atoms with Crippen molar-refractivity contribution in [2.75, 3.05) is 5.73 Å². The summed E-state index contributed by atoms with van der Waals surface area (Å²) in [6.45, 7) is 14.5. The third-order valence-electron chi connectivity index (χ3n) is 3.38. The van der Waals surface area contributed by atoms with Gasteiger partial charge in [0.15, 0.2) is 0 Å². The van der Waals surface area contributed by atoms with E-state index in [0.717, 1.165) is 22.4 Å². The Morgan fingerprint density at radius 1 is 1.14 bits per heavy atom. The summed E-state index contributed by atoms with van der Waals surface area (Å²) in [5.74, 6) is 0.693. The average Bonchev–Trinajstić information content (AvgIpc) is 2.34. The predicted molar refractivity (Wildman–Crippen MR) is 92.1 cm³/mol. The second kappa shape index (κ2) is 7.03. The number of amides is 1. The van der Waals surface area contributed by atoms with Crippen molar-refractivity contribution in [2.24, 2.45) is 0 Å². The van der Waals surface area contributed by atoms with Crippen molar-refractivity contribution in [3.63, 3.8) is 0 Å². The number of nitrogens with one attached hydrogen (secondary N) is 1. The molecule has 0 aromatic heterocycles. The molecule has 0 aliphatic carbocycles. The quantitative estimate of drug-likeness (QED) is 0.803. The van der Waals surface area contributed by atoms with Gasteiger partial charge in [0.25, 0.3) is 0 Å². The minimum Gasteiger partial charge on any atom is -0.444 e. The molecule has 1 aromatic carbocycles.